The molecule has 1 aromatic heterocycles. The Labute approximate surface area is 145 Å². The normalized spacial score (nSPS) is 15.6. The first-order valence-corrected chi connectivity index (χ1v) is 8.30. The van der Waals surface area contributed by atoms with Crippen molar-refractivity contribution in [3.8, 4) is 0 Å². The second-order valence-corrected chi connectivity index (χ2v) is 6.35. The lowest BCUT2D eigenvalue weighted by atomic mass is 10.1. The molecule has 2 heterocycles. The van der Waals surface area contributed by atoms with Crippen molar-refractivity contribution in [3.63, 3.8) is 0 Å². The van der Waals surface area contributed by atoms with Crippen LogP contribution in [0.2, 0.25) is 5.02 Å². The van der Waals surface area contributed by atoms with Gasteiger partial charge in [0.05, 0.1) is 17.8 Å². The van der Waals surface area contributed by atoms with Crippen LogP contribution in [0.25, 0.3) is 0 Å². The SMILES string of the molecule is CC(Cn1cccn1)NC(=O)c1ccc(Cl)cc1N1CCCC1=O. The predicted molar refractivity (Wildman–Crippen MR) is 92.2 cm³/mol. The van der Waals surface area contributed by atoms with Crippen LogP contribution in [0.5, 0.6) is 0 Å². The summed E-state index contributed by atoms with van der Waals surface area (Å²) in [4.78, 5) is 26.3. The average molecular weight is 347 g/mol. The summed E-state index contributed by atoms with van der Waals surface area (Å²) in [7, 11) is 0. The second-order valence-electron chi connectivity index (χ2n) is 5.91. The molecular weight excluding hydrogens is 328 g/mol. The minimum atomic E-state index is -0.221. The summed E-state index contributed by atoms with van der Waals surface area (Å²) in [5, 5.41) is 7.59. The van der Waals surface area contributed by atoms with Gasteiger partial charge >= 0.3 is 0 Å². The lowest BCUT2D eigenvalue weighted by Crippen LogP contribution is -2.37. The third-order valence-corrected chi connectivity index (χ3v) is 4.20. The number of hydrogen-bond acceptors (Lipinski definition) is 3. The van der Waals surface area contributed by atoms with Crippen molar-refractivity contribution >= 4 is 29.1 Å². The van der Waals surface area contributed by atoms with Crippen LogP contribution in [-0.4, -0.2) is 34.2 Å². The first-order valence-electron chi connectivity index (χ1n) is 7.93. The monoisotopic (exact) mass is 346 g/mol. The van der Waals surface area contributed by atoms with Crippen LogP contribution in [0.1, 0.15) is 30.1 Å². The molecule has 2 amide bonds. The summed E-state index contributed by atoms with van der Waals surface area (Å²) in [6, 6.07) is 6.75. The number of amides is 2. The van der Waals surface area contributed by atoms with E-state index in [0.717, 1.165) is 6.42 Å². The minimum Gasteiger partial charge on any atom is -0.348 e. The molecule has 1 N–H and O–H groups in total. The van der Waals surface area contributed by atoms with Crippen LogP contribution in [0, 0.1) is 0 Å². The van der Waals surface area contributed by atoms with Crippen molar-refractivity contribution in [2.45, 2.75) is 32.4 Å². The van der Waals surface area contributed by atoms with Crippen LogP contribution in [-0.2, 0) is 11.3 Å². The second kappa shape index (κ2) is 7.05. The Bertz CT molecular complexity index is 745. The number of carbonyl (C=O) groups excluding carboxylic acids is 2. The van der Waals surface area contributed by atoms with E-state index in [4.69, 9.17) is 11.6 Å². The first-order chi connectivity index (χ1) is 11.5. The molecule has 24 heavy (non-hydrogen) atoms. The molecule has 1 unspecified atom stereocenters. The molecule has 7 heteroatoms. The van der Waals surface area contributed by atoms with Crippen LogP contribution in [0.3, 0.4) is 0 Å². The summed E-state index contributed by atoms with van der Waals surface area (Å²) < 4.78 is 1.76. The molecule has 0 bridgehead atoms. The van der Waals surface area contributed by atoms with E-state index >= 15 is 0 Å². The largest absolute Gasteiger partial charge is 0.348 e. The molecule has 1 aliphatic heterocycles. The van der Waals surface area contributed by atoms with Gasteiger partial charge in [0.25, 0.3) is 5.91 Å². The van der Waals surface area contributed by atoms with E-state index in [1.807, 2.05) is 19.2 Å². The van der Waals surface area contributed by atoms with E-state index < -0.39 is 0 Å². The lowest BCUT2D eigenvalue weighted by molar-refractivity contribution is -0.117. The van der Waals surface area contributed by atoms with Crippen molar-refractivity contribution in [3.05, 3.63) is 47.2 Å². The molecule has 1 aromatic carbocycles. The van der Waals surface area contributed by atoms with Gasteiger partial charge in [0.1, 0.15) is 0 Å². The highest BCUT2D eigenvalue weighted by atomic mass is 35.5. The van der Waals surface area contributed by atoms with E-state index in [0.29, 0.717) is 35.8 Å². The molecule has 0 radical (unpaired) electrons. The lowest BCUT2D eigenvalue weighted by Gasteiger charge is -2.21. The summed E-state index contributed by atoms with van der Waals surface area (Å²) >= 11 is 6.07. The van der Waals surface area contributed by atoms with Crippen molar-refractivity contribution in [1.29, 1.82) is 0 Å². The van der Waals surface area contributed by atoms with Gasteiger partial charge in [0, 0.05) is 36.4 Å². The summed E-state index contributed by atoms with van der Waals surface area (Å²) in [6.45, 7) is 3.10. The quantitative estimate of drug-likeness (QED) is 0.904. The predicted octanol–water partition coefficient (Wildman–Crippen LogP) is 2.48. The number of hydrogen-bond donors (Lipinski definition) is 1. The number of anilines is 1. The van der Waals surface area contributed by atoms with Gasteiger partial charge in [0.15, 0.2) is 0 Å². The maximum Gasteiger partial charge on any atom is 0.253 e. The maximum absolute atomic E-state index is 12.7. The van der Waals surface area contributed by atoms with E-state index in [2.05, 4.69) is 10.4 Å². The van der Waals surface area contributed by atoms with Crippen LogP contribution in [0.15, 0.2) is 36.7 Å². The Morgan fingerprint density at radius 2 is 2.29 bits per heavy atom. The average Bonchev–Trinajstić information content (AvgIpc) is 3.18. The molecule has 1 fully saturated rings. The number of nitrogens with zero attached hydrogens (tertiary/aromatic N) is 3. The van der Waals surface area contributed by atoms with Crippen LogP contribution in [0.4, 0.5) is 5.69 Å². The van der Waals surface area contributed by atoms with Gasteiger partial charge in [-0.25, -0.2) is 0 Å². The van der Waals surface area contributed by atoms with Crippen molar-refractivity contribution < 1.29 is 9.59 Å². The minimum absolute atomic E-state index is 0.0240. The number of rotatable bonds is 5. The molecule has 0 aliphatic carbocycles. The van der Waals surface area contributed by atoms with Crippen molar-refractivity contribution in [1.82, 2.24) is 15.1 Å². The fourth-order valence-electron chi connectivity index (χ4n) is 2.86. The standard InChI is InChI=1S/C17H19ClN4O2/c1-12(11-21-8-3-7-19-21)20-17(24)14-6-5-13(18)10-15(14)22-9-2-4-16(22)23/h3,5-8,10,12H,2,4,9,11H2,1H3,(H,20,24). The maximum atomic E-state index is 12.7. The Kier molecular flexibility index (Phi) is 4.85. The highest BCUT2D eigenvalue weighted by Gasteiger charge is 2.26. The van der Waals surface area contributed by atoms with Gasteiger partial charge in [-0.3, -0.25) is 14.3 Å². The zero-order valence-electron chi connectivity index (χ0n) is 13.4. The molecule has 1 aliphatic rings. The number of benzene rings is 1. The van der Waals surface area contributed by atoms with Gasteiger partial charge in [-0.05, 0) is 37.6 Å². The van der Waals surface area contributed by atoms with E-state index in [9.17, 15) is 9.59 Å². The zero-order chi connectivity index (χ0) is 17.1. The van der Waals surface area contributed by atoms with E-state index in [1.54, 1.807) is 34.0 Å². The highest BCUT2D eigenvalue weighted by Crippen LogP contribution is 2.28. The molecule has 1 saturated heterocycles. The summed E-state index contributed by atoms with van der Waals surface area (Å²) in [5.74, 6) is -0.197. The van der Waals surface area contributed by atoms with Gasteiger partial charge in [-0.15, -0.1) is 0 Å². The molecule has 1 atom stereocenters. The third kappa shape index (κ3) is 3.59. The Morgan fingerprint density at radius 1 is 1.46 bits per heavy atom. The van der Waals surface area contributed by atoms with Gasteiger partial charge < -0.3 is 10.2 Å². The van der Waals surface area contributed by atoms with Gasteiger partial charge in [0.2, 0.25) is 5.91 Å². The highest BCUT2D eigenvalue weighted by molar-refractivity contribution is 6.31. The molecule has 0 spiro atoms. The molecule has 6 nitrogen and oxygen atoms in total. The van der Waals surface area contributed by atoms with Crippen molar-refractivity contribution in [2.24, 2.45) is 0 Å². The number of halogens is 1. The molecule has 2 aromatic rings. The molecule has 126 valence electrons. The molecular formula is C17H19ClN4O2. The van der Waals surface area contributed by atoms with Crippen molar-refractivity contribution in [2.75, 3.05) is 11.4 Å². The van der Waals surface area contributed by atoms with E-state index in [1.165, 1.54) is 0 Å². The number of carbonyl (C=O) groups is 2. The van der Waals surface area contributed by atoms with Crippen LogP contribution >= 0.6 is 11.6 Å². The summed E-state index contributed by atoms with van der Waals surface area (Å²) in [6.07, 6.45) is 4.84. The zero-order valence-corrected chi connectivity index (χ0v) is 14.2. The Morgan fingerprint density at radius 3 is 2.96 bits per heavy atom. The fourth-order valence-corrected chi connectivity index (χ4v) is 3.03. The summed E-state index contributed by atoms with van der Waals surface area (Å²) in [5.41, 5.74) is 1.04. The van der Waals surface area contributed by atoms with Crippen LogP contribution < -0.4 is 10.2 Å². The Hall–Kier alpha value is -2.34. The third-order valence-electron chi connectivity index (χ3n) is 3.97. The molecule has 3 rings (SSSR count). The number of nitrogens with one attached hydrogen (secondary N) is 1. The van der Waals surface area contributed by atoms with Gasteiger partial charge in [-0.1, -0.05) is 11.6 Å². The fraction of sp³-hybridized carbons (Fsp3) is 0.353. The first kappa shape index (κ1) is 16.5. The van der Waals surface area contributed by atoms with Gasteiger partial charge in [-0.2, -0.15) is 5.10 Å². The smallest absolute Gasteiger partial charge is 0.253 e. The van der Waals surface area contributed by atoms with E-state index in [-0.39, 0.29) is 17.9 Å². The molecule has 0 saturated carbocycles. The Balaban J connectivity index is 1.78. The topological polar surface area (TPSA) is 67.2 Å². The number of aromatic nitrogens is 2.